The number of tetrazole rings is 1. The molecule has 2 rings (SSSR count). The standard InChI is InChI=1S/C11H16N6O2/c1-8(2)19-11(18)4-3-7-12-9-5-6-10-13-15-16-17(10)14-9/h5-6,8H,3-4,7H2,1-2H3,(H,12,14). The van der Waals surface area contributed by atoms with Gasteiger partial charge in [-0.2, -0.15) is 0 Å². The van der Waals surface area contributed by atoms with Crippen LogP contribution in [0.3, 0.4) is 0 Å². The predicted molar refractivity (Wildman–Crippen MR) is 67.5 cm³/mol. The molecular weight excluding hydrogens is 248 g/mol. The molecule has 0 amide bonds. The third kappa shape index (κ3) is 3.87. The Morgan fingerprint density at radius 2 is 2.32 bits per heavy atom. The smallest absolute Gasteiger partial charge is 0.306 e. The topological polar surface area (TPSA) is 94.3 Å². The Labute approximate surface area is 110 Å². The Morgan fingerprint density at radius 3 is 3.11 bits per heavy atom. The first-order chi connectivity index (χ1) is 9.15. The van der Waals surface area contributed by atoms with Crippen LogP contribution in [0.25, 0.3) is 5.65 Å². The van der Waals surface area contributed by atoms with Crippen molar-refractivity contribution in [3.63, 3.8) is 0 Å². The average Bonchev–Trinajstić information content (AvgIpc) is 2.81. The van der Waals surface area contributed by atoms with Gasteiger partial charge in [0.2, 0.25) is 0 Å². The van der Waals surface area contributed by atoms with Gasteiger partial charge in [-0.1, -0.05) is 0 Å². The van der Waals surface area contributed by atoms with Crippen LogP contribution in [0, 0.1) is 0 Å². The summed E-state index contributed by atoms with van der Waals surface area (Å²) >= 11 is 0. The fourth-order valence-corrected chi connectivity index (χ4v) is 1.51. The van der Waals surface area contributed by atoms with E-state index in [1.165, 1.54) is 4.63 Å². The van der Waals surface area contributed by atoms with Crippen LogP contribution in [0.5, 0.6) is 0 Å². The number of nitrogens with zero attached hydrogens (tertiary/aromatic N) is 5. The molecule has 0 aromatic carbocycles. The number of fused-ring (bicyclic) bond motifs is 1. The molecule has 2 aromatic rings. The van der Waals surface area contributed by atoms with E-state index in [9.17, 15) is 4.79 Å². The van der Waals surface area contributed by atoms with E-state index in [1.54, 1.807) is 12.1 Å². The van der Waals surface area contributed by atoms with Crippen molar-refractivity contribution < 1.29 is 9.53 Å². The summed E-state index contributed by atoms with van der Waals surface area (Å²) in [6.07, 6.45) is 1.00. The fraction of sp³-hybridized carbons (Fsp3) is 0.545. The molecule has 0 aliphatic carbocycles. The predicted octanol–water partition coefficient (Wildman–Crippen LogP) is 0.663. The zero-order valence-electron chi connectivity index (χ0n) is 10.9. The molecule has 0 aliphatic heterocycles. The van der Waals surface area contributed by atoms with Crippen LogP contribution in [-0.2, 0) is 9.53 Å². The fourth-order valence-electron chi connectivity index (χ4n) is 1.51. The molecule has 0 aliphatic rings. The summed E-state index contributed by atoms with van der Waals surface area (Å²) in [5.74, 6) is 0.484. The molecule has 0 atom stereocenters. The number of carbonyl (C=O) groups excluding carboxylic acids is 1. The lowest BCUT2D eigenvalue weighted by Crippen LogP contribution is -2.13. The highest BCUT2D eigenvalue weighted by atomic mass is 16.5. The molecular formula is C11H16N6O2. The highest BCUT2D eigenvalue weighted by molar-refractivity contribution is 5.69. The van der Waals surface area contributed by atoms with Gasteiger partial charge in [0, 0.05) is 13.0 Å². The molecule has 0 unspecified atom stereocenters. The van der Waals surface area contributed by atoms with E-state index in [0.29, 0.717) is 30.9 Å². The minimum atomic E-state index is -0.180. The first-order valence-corrected chi connectivity index (χ1v) is 6.14. The van der Waals surface area contributed by atoms with Crippen molar-refractivity contribution >= 4 is 17.4 Å². The molecule has 0 saturated heterocycles. The highest BCUT2D eigenvalue weighted by Gasteiger charge is 2.05. The van der Waals surface area contributed by atoms with Crippen molar-refractivity contribution in [2.45, 2.75) is 32.8 Å². The van der Waals surface area contributed by atoms with E-state index >= 15 is 0 Å². The molecule has 8 nitrogen and oxygen atoms in total. The molecule has 8 heteroatoms. The average molecular weight is 264 g/mol. The first-order valence-electron chi connectivity index (χ1n) is 6.14. The van der Waals surface area contributed by atoms with E-state index in [2.05, 4.69) is 25.9 Å². The van der Waals surface area contributed by atoms with E-state index in [1.807, 2.05) is 13.8 Å². The molecule has 0 saturated carbocycles. The van der Waals surface area contributed by atoms with Crippen molar-refractivity contribution in [2.24, 2.45) is 0 Å². The minimum absolute atomic E-state index is 0.0654. The van der Waals surface area contributed by atoms with Crippen LogP contribution in [0.4, 0.5) is 5.82 Å². The van der Waals surface area contributed by atoms with Crippen LogP contribution >= 0.6 is 0 Å². The number of carbonyl (C=O) groups is 1. The Morgan fingerprint density at radius 1 is 1.47 bits per heavy atom. The van der Waals surface area contributed by atoms with Crippen molar-refractivity contribution in [3.8, 4) is 0 Å². The number of nitrogens with one attached hydrogen (secondary N) is 1. The molecule has 0 bridgehead atoms. The van der Waals surface area contributed by atoms with Gasteiger partial charge in [-0.3, -0.25) is 4.79 Å². The Bertz CT molecular complexity index is 553. The maximum atomic E-state index is 11.3. The Hall–Kier alpha value is -2.25. The van der Waals surface area contributed by atoms with E-state index in [0.717, 1.165) is 0 Å². The van der Waals surface area contributed by atoms with Crippen molar-refractivity contribution in [3.05, 3.63) is 12.1 Å². The van der Waals surface area contributed by atoms with E-state index in [4.69, 9.17) is 4.74 Å². The monoisotopic (exact) mass is 264 g/mol. The summed E-state index contributed by atoms with van der Waals surface area (Å²) in [7, 11) is 0. The van der Waals surface area contributed by atoms with Gasteiger partial charge in [0.1, 0.15) is 5.82 Å². The maximum absolute atomic E-state index is 11.3. The summed E-state index contributed by atoms with van der Waals surface area (Å²) in [6, 6.07) is 3.56. The van der Waals surface area contributed by atoms with Crippen LogP contribution in [0.15, 0.2) is 12.1 Å². The summed E-state index contributed by atoms with van der Waals surface area (Å²) in [4.78, 5) is 11.3. The van der Waals surface area contributed by atoms with E-state index < -0.39 is 0 Å². The Balaban J connectivity index is 1.74. The van der Waals surface area contributed by atoms with Gasteiger partial charge in [0.15, 0.2) is 5.65 Å². The van der Waals surface area contributed by atoms with Crippen LogP contribution < -0.4 is 5.32 Å². The second-order valence-corrected chi connectivity index (χ2v) is 4.31. The maximum Gasteiger partial charge on any atom is 0.306 e. The van der Waals surface area contributed by atoms with Gasteiger partial charge >= 0.3 is 5.97 Å². The van der Waals surface area contributed by atoms with Crippen molar-refractivity contribution in [1.82, 2.24) is 25.3 Å². The number of esters is 1. The molecule has 1 N–H and O–H groups in total. The lowest BCUT2D eigenvalue weighted by Gasteiger charge is -2.08. The second-order valence-electron chi connectivity index (χ2n) is 4.31. The molecule has 0 spiro atoms. The quantitative estimate of drug-likeness (QED) is 0.605. The van der Waals surface area contributed by atoms with Gasteiger partial charge in [0.25, 0.3) is 0 Å². The summed E-state index contributed by atoms with van der Waals surface area (Å²) in [6.45, 7) is 4.30. The summed E-state index contributed by atoms with van der Waals surface area (Å²) in [5, 5.41) is 18.2. The Kier molecular flexibility index (Phi) is 4.22. The van der Waals surface area contributed by atoms with Gasteiger partial charge in [-0.25, -0.2) is 0 Å². The third-order valence-electron chi connectivity index (χ3n) is 2.30. The van der Waals surface area contributed by atoms with Gasteiger partial charge in [0.05, 0.1) is 6.10 Å². The van der Waals surface area contributed by atoms with Crippen molar-refractivity contribution in [1.29, 1.82) is 0 Å². The minimum Gasteiger partial charge on any atom is -0.463 e. The number of ether oxygens (including phenoxy) is 1. The van der Waals surface area contributed by atoms with Crippen LogP contribution in [-0.4, -0.2) is 43.9 Å². The molecule has 2 aromatic heterocycles. The van der Waals surface area contributed by atoms with Crippen molar-refractivity contribution in [2.75, 3.05) is 11.9 Å². The number of anilines is 1. The summed E-state index contributed by atoms with van der Waals surface area (Å²) in [5.41, 5.74) is 0.589. The third-order valence-corrected chi connectivity index (χ3v) is 2.30. The molecule has 19 heavy (non-hydrogen) atoms. The first kappa shape index (κ1) is 13.2. The zero-order valence-corrected chi connectivity index (χ0v) is 10.9. The number of hydrogen-bond donors (Lipinski definition) is 1. The molecule has 102 valence electrons. The number of aromatic nitrogens is 5. The lowest BCUT2D eigenvalue weighted by atomic mass is 10.3. The summed E-state index contributed by atoms with van der Waals surface area (Å²) < 4.78 is 6.38. The lowest BCUT2D eigenvalue weighted by molar-refractivity contribution is -0.147. The molecule has 0 radical (unpaired) electrons. The largest absolute Gasteiger partial charge is 0.463 e. The van der Waals surface area contributed by atoms with Crippen LogP contribution in [0.1, 0.15) is 26.7 Å². The van der Waals surface area contributed by atoms with Gasteiger partial charge in [-0.15, -0.1) is 14.8 Å². The molecule has 0 fully saturated rings. The molecule has 2 heterocycles. The van der Waals surface area contributed by atoms with Gasteiger partial charge < -0.3 is 10.1 Å². The highest BCUT2D eigenvalue weighted by Crippen LogP contribution is 2.04. The SMILES string of the molecule is CC(C)OC(=O)CCCNc1ccc2nnnn2n1. The van der Waals surface area contributed by atoms with E-state index in [-0.39, 0.29) is 12.1 Å². The second kappa shape index (κ2) is 6.07. The van der Waals surface area contributed by atoms with Gasteiger partial charge in [-0.05, 0) is 42.8 Å². The number of hydrogen-bond acceptors (Lipinski definition) is 7. The zero-order chi connectivity index (χ0) is 13.7. The number of rotatable bonds is 6. The van der Waals surface area contributed by atoms with Crippen LogP contribution in [0.2, 0.25) is 0 Å². The normalized spacial score (nSPS) is 10.9.